The Morgan fingerprint density at radius 2 is 2.05 bits per heavy atom. The fraction of sp³-hybridized carbons (Fsp3) is 0.600. The number of benzene rings is 1. The van der Waals surface area contributed by atoms with Crippen molar-refractivity contribution in [2.75, 3.05) is 24.5 Å². The maximum Gasteiger partial charge on any atom is 0.0755 e. The van der Waals surface area contributed by atoms with Gasteiger partial charge in [0.15, 0.2) is 0 Å². The van der Waals surface area contributed by atoms with Crippen LogP contribution in [0.5, 0.6) is 0 Å². The fourth-order valence-electron chi connectivity index (χ4n) is 2.96. The van der Waals surface area contributed by atoms with Crippen molar-refractivity contribution in [2.45, 2.75) is 38.5 Å². The van der Waals surface area contributed by atoms with E-state index in [0.29, 0.717) is 12.2 Å². The van der Waals surface area contributed by atoms with Gasteiger partial charge in [-0.15, -0.1) is 0 Å². The van der Waals surface area contributed by atoms with Gasteiger partial charge in [0.25, 0.3) is 0 Å². The van der Waals surface area contributed by atoms with Gasteiger partial charge in [0.1, 0.15) is 0 Å². The Kier molecular flexibility index (Phi) is 3.96. The molecule has 2 fully saturated rings. The summed E-state index contributed by atoms with van der Waals surface area (Å²) in [5, 5.41) is 4.17. The molecule has 2 bridgehead atoms. The lowest BCUT2D eigenvalue weighted by Gasteiger charge is -2.34. The number of fused-ring (bicyclic) bond motifs is 2. The number of anilines is 1. The summed E-state index contributed by atoms with van der Waals surface area (Å²) in [7, 11) is 0. The van der Waals surface area contributed by atoms with Gasteiger partial charge in [-0.1, -0.05) is 24.6 Å². The smallest absolute Gasteiger partial charge is 0.0755 e. The highest BCUT2D eigenvalue weighted by Gasteiger charge is 2.33. The molecule has 2 unspecified atom stereocenters. The second kappa shape index (κ2) is 5.70. The van der Waals surface area contributed by atoms with E-state index in [4.69, 9.17) is 16.3 Å². The van der Waals surface area contributed by atoms with Crippen molar-refractivity contribution in [1.29, 1.82) is 0 Å². The molecule has 1 aromatic carbocycles. The number of rotatable bonds is 4. The predicted molar refractivity (Wildman–Crippen MR) is 78.9 cm³/mol. The molecule has 0 aliphatic carbocycles. The predicted octanol–water partition coefficient (Wildman–Crippen LogP) is 2.82. The van der Waals surface area contributed by atoms with E-state index >= 15 is 0 Å². The first-order valence-corrected chi connectivity index (χ1v) is 7.53. The molecule has 0 saturated carbocycles. The zero-order valence-electron chi connectivity index (χ0n) is 11.4. The zero-order valence-corrected chi connectivity index (χ0v) is 12.1. The Hall–Kier alpha value is -0.770. The number of hydrogen-bond donors (Lipinski definition) is 1. The van der Waals surface area contributed by atoms with Crippen LogP contribution in [0.25, 0.3) is 0 Å². The van der Waals surface area contributed by atoms with Crippen LogP contribution in [0.4, 0.5) is 5.69 Å². The van der Waals surface area contributed by atoms with Gasteiger partial charge in [0, 0.05) is 30.3 Å². The lowest BCUT2D eigenvalue weighted by molar-refractivity contribution is 0.0305. The Balaban J connectivity index is 1.73. The molecule has 104 valence electrons. The van der Waals surface area contributed by atoms with Crippen LogP contribution in [-0.4, -0.2) is 31.8 Å². The van der Waals surface area contributed by atoms with Crippen LogP contribution in [0.3, 0.4) is 0 Å². The van der Waals surface area contributed by atoms with Crippen LogP contribution in [0.2, 0.25) is 5.02 Å². The lowest BCUT2D eigenvalue weighted by Crippen LogP contribution is -2.42. The van der Waals surface area contributed by atoms with Crippen molar-refractivity contribution in [3.8, 4) is 0 Å². The van der Waals surface area contributed by atoms with Crippen molar-refractivity contribution in [3.05, 3.63) is 28.8 Å². The van der Waals surface area contributed by atoms with Gasteiger partial charge >= 0.3 is 0 Å². The van der Waals surface area contributed by atoms with Gasteiger partial charge < -0.3 is 15.0 Å². The van der Waals surface area contributed by atoms with Gasteiger partial charge in [0.05, 0.1) is 12.2 Å². The van der Waals surface area contributed by atoms with Gasteiger partial charge in [-0.3, -0.25) is 0 Å². The molecule has 2 atom stereocenters. The Labute approximate surface area is 119 Å². The largest absolute Gasteiger partial charge is 0.371 e. The van der Waals surface area contributed by atoms with Crippen molar-refractivity contribution in [1.82, 2.24) is 5.32 Å². The SMILES string of the molecule is CCNCc1ccc(N2CC3CCC(C2)O3)cc1Cl. The van der Waals surface area contributed by atoms with E-state index in [-0.39, 0.29) is 0 Å². The van der Waals surface area contributed by atoms with E-state index in [9.17, 15) is 0 Å². The molecule has 19 heavy (non-hydrogen) atoms. The molecular weight excluding hydrogens is 260 g/mol. The minimum absolute atomic E-state index is 0.416. The summed E-state index contributed by atoms with van der Waals surface area (Å²) >= 11 is 6.37. The normalized spacial score (nSPS) is 25.9. The number of hydrogen-bond acceptors (Lipinski definition) is 3. The van der Waals surface area contributed by atoms with E-state index in [1.807, 2.05) is 0 Å². The molecule has 0 amide bonds. The molecule has 1 aromatic rings. The minimum Gasteiger partial charge on any atom is -0.371 e. The van der Waals surface area contributed by atoms with Crippen molar-refractivity contribution in [2.24, 2.45) is 0 Å². The number of halogens is 1. The van der Waals surface area contributed by atoms with Crippen LogP contribution in [-0.2, 0) is 11.3 Å². The minimum atomic E-state index is 0.416. The fourth-order valence-corrected chi connectivity index (χ4v) is 3.20. The molecule has 0 radical (unpaired) electrons. The van der Waals surface area contributed by atoms with Crippen LogP contribution < -0.4 is 10.2 Å². The first-order chi connectivity index (χ1) is 9.26. The molecule has 1 N–H and O–H groups in total. The van der Waals surface area contributed by atoms with Gasteiger partial charge in [-0.25, -0.2) is 0 Å². The average Bonchev–Trinajstić information content (AvgIpc) is 2.76. The Morgan fingerprint density at radius 1 is 1.32 bits per heavy atom. The number of ether oxygens (including phenoxy) is 1. The summed E-state index contributed by atoms with van der Waals surface area (Å²) in [6, 6.07) is 6.42. The summed E-state index contributed by atoms with van der Waals surface area (Å²) in [6.07, 6.45) is 3.23. The van der Waals surface area contributed by atoms with E-state index in [1.54, 1.807) is 0 Å². The number of nitrogens with zero attached hydrogens (tertiary/aromatic N) is 1. The third-order valence-corrected chi connectivity index (χ3v) is 4.36. The third-order valence-electron chi connectivity index (χ3n) is 4.01. The van der Waals surface area contributed by atoms with Crippen LogP contribution in [0, 0.1) is 0 Å². The second-order valence-electron chi connectivity index (χ2n) is 5.42. The van der Waals surface area contributed by atoms with E-state index in [0.717, 1.165) is 31.2 Å². The van der Waals surface area contributed by atoms with E-state index in [2.05, 4.69) is 35.3 Å². The summed E-state index contributed by atoms with van der Waals surface area (Å²) in [5.41, 5.74) is 2.40. The summed E-state index contributed by atoms with van der Waals surface area (Å²) in [6.45, 7) is 5.90. The molecule has 2 saturated heterocycles. The first-order valence-electron chi connectivity index (χ1n) is 7.16. The quantitative estimate of drug-likeness (QED) is 0.918. The molecule has 0 spiro atoms. The third kappa shape index (κ3) is 2.88. The first kappa shape index (κ1) is 13.2. The van der Waals surface area contributed by atoms with Crippen molar-refractivity contribution < 1.29 is 4.74 Å². The molecule has 4 heteroatoms. The molecule has 3 rings (SSSR count). The molecule has 2 aliphatic rings. The number of nitrogens with one attached hydrogen (secondary N) is 1. The van der Waals surface area contributed by atoms with Gasteiger partial charge in [0.2, 0.25) is 0 Å². The highest BCUT2D eigenvalue weighted by Crippen LogP contribution is 2.31. The van der Waals surface area contributed by atoms with Crippen LogP contribution in [0.1, 0.15) is 25.3 Å². The zero-order chi connectivity index (χ0) is 13.2. The molecular formula is C15H21ClN2O. The highest BCUT2D eigenvalue weighted by atomic mass is 35.5. The summed E-state index contributed by atoms with van der Waals surface area (Å²) < 4.78 is 5.87. The molecule has 2 aliphatic heterocycles. The van der Waals surface area contributed by atoms with Crippen LogP contribution >= 0.6 is 11.6 Å². The monoisotopic (exact) mass is 280 g/mol. The maximum absolute atomic E-state index is 6.37. The van der Waals surface area contributed by atoms with Crippen molar-refractivity contribution in [3.63, 3.8) is 0 Å². The standard InChI is InChI=1S/C15H21ClN2O/c1-2-17-8-11-3-4-12(7-15(11)16)18-9-13-5-6-14(10-18)19-13/h3-4,7,13-14,17H,2,5-6,8-10H2,1H3. The second-order valence-corrected chi connectivity index (χ2v) is 5.83. The highest BCUT2D eigenvalue weighted by molar-refractivity contribution is 6.31. The topological polar surface area (TPSA) is 24.5 Å². The molecule has 2 heterocycles. The van der Waals surface area contributed by atoms with E-state index < -0.39 is 0 Å². The van der Waals surface area contributed by atoms with E-state index in [1.165, 1.54) is 24.1 Å². The molecule has 0 aromatic heterocycles. The van der Waals surface area contributed by atoms with Crippen LogP contribution in [0.15, 0.2) is 18.2 Å². The Bertz CT molecular complexity index is 440. The van der Waals surface area contributed by atoms with Gasteiger partial charge in [-0.05, 0) is 37.1 Å². The summed E-state index contributed by atoms with van der Waals surface area (Å²) in [4.78, 5) is 2.41. The average molecular weight is 281 g/mol. The lowest BCUT2D eigenvalue weighted by atomic mass is 10.1. The maximum atomic E-state index is 6.37. The Morgan fingerprint density at radius 3 is 2.68 bits per heavy atom. The number of morpholine rings is 1. The molecule has 3 nitrogen and oxygen atoms in total. The van der Waals surface area contributed by atoms with Crippen molar-refractivity contribution >= 4 is 17.3 Å². The summed E-state index contributed by atoms with van der Waals surface area (Å²) in [5.74, 6) is 0. The van der Waals surface area contributed by atoms with Gasteiger partial charge in [-0.2, -0.15) is 0 Å².